The highest BCUT2D eigenvalue weighted by molar-refractivity contribution is 5.95. The van der Waals surface area contributed by atoms with Gasteiger partial charge in [0.15, 0.2) is 5.76 Å². The van der Waals surface area contributed by atoms with Crippen LogP contribution in [0.3, 0.4) is 0 Å². The van der Waals surface area contributed by atoms with E-state index >= 15 is 0 Å². The number of nitrogens with two attached hydrogens (primary N) is 1. The lowest BCUT2D eigenvalue weighted by atomic mass is 10.2. The monoisotopic (exact) mass is 357 g/mol. The summed E-state index contributed by atoms with van der Waals surface area (Å²) in [6.45, 7) is 4.55. The van der Waals surface area contributed by atoms with Crippen molar-refractivity contribution in [3.63, 3.8) is 0 Å². The fourth-order valence-corrected chi connectivity index (χ4v) is 2.42. The van der Waals surface area contributed by atoms with Crippen molar-refractivity contribution in [3.8, 4) is 0 Å². The number of aryl methyl sites for hydroxylation is 1. The second-order valence-corrected chi connectivity index (χ2v) is 5.74. The van der Waals surface area contributed by atoms with E-state index in [-0.39, 0.29) is 30.5 Å². The number of anilines is 1. The first-order chi connectivity index (χ1) is 12.4. The molecule has 0 aliphatic carbocycles. The Balaban J connectivity index is 1.89. The van der Waals surface area contributed by atoms with Crippen LogP contribution in [0.1, 0.15) is 46.9 Å². The minimum Gasteiger partial charge on any atom is -0.456 e. The third-order valence-electron chi connectivity index (χ3n) is 3.95. The summed E-state index contributed by atoms with van der Waals surface area (Å²) >= 11 is 0. The number of benzene rings is 1. The van der Waals surface area contributed by atoms with E-state index in [4.69, 9.17) is 10.2 Å². The Hall–Kier alpha value is -3.09. The van der Waals surface area contributed by atoms with Crippen molar-refractivity contribution < 1.29 is 18.8 Å². The van der Waals surface area contributed by atoms with Gasteiger partial charge in [0.25, 0.3) is 5.91 Å². The number of primary amides is 1. The molecule has 7 heteroatoms. The van der Waals surface area contributed by atoms with Crippen LogP contribution in [0, 0.1) is 0 Å². The summed E-state index contributed by atoms with van der Waals surface area (Å²) in [5.41, 5.74) is 6.11. The molecule has 138 valence electrons. The molecular weight excluding hydrogens is 334 g/mol. The number of carbonyl (C=O) groups excluding carboxylic acids is 3. The quantitative estimate of drug-likeness (QED) is 0.757. The third-order valence-corrected chi connectivity index (χ3v) is 3.95. The second kappa shape index (κ2) is 8.84. The van der Waals surface area contributed by atoms with Crippen LogP contribution in [0.15, 0.2) is 40.8 Å². The van der Waals surface area contributed by atoms with Crippen molar-refractivity contribution in [1.29, 1.82) is 0 Å². The number of nitrogens with one attached hydrogen (secondary N) is 1. The first-order valence-electron chi connectivity index (χ1n) is 8.52. The fraction of sp³-hybridized carbons (Fsp3) is 0.316. The predicted octanol–water partition coefficient (Wildman–Crippen LogP) is 2.43. The Morgan fingerprint density at radius 3 is 2.31 bits per heavy atom. The molecule has 0 aliphatic heterocycles. The molecule has 1 aromatic carbocycles. The van der Waals surface area contributed by atoms with Gasteiger partial charge < -0.3 is 20.4 Å². The van der Waals surface area contributed by atoms with E-state index in [1.165, 1.54) is 0 Å². The van der Waals surface area contributed by atoms with Crippen LogP contribution < -0.4 is 11.1 Å². The zero-order chi connectivity index (χ0) is 19.1. The summed E-state index contributed by atoms with van der Waals surface area (Å²) in [5.74, 6) is 0.0550. The first kappa shape index (κ1) is 19.2. The van der Waals surface area contributed by atoms with Crippen LogP contribution in [0.4, 0.5) is 5.69 Å². The number of furan rings is 1. The SMILES string of the molecule is CCc1ccc(C(=O)N(CC)CCC(=O)Nc2ccc(C(N)=O)cc2)o1. The number of carbonyl (C=O) groups is 3. The predicted molar refractivity (Wildman–Crippen MR) is 97.9 cm³/mol. The maximum Gasteiger partial charge on any atom is 0.289 e. The standard InChI is InChI=1S/C19H23N3O4/c1-3-15-9-10-16(26-15)19(25)22(4-2)12-11-17(23)21-14-7-5-13(6-8-14)18(20)24/h5-10H,3-4,11-12H2,1-2H3,(H2,20,24)(H,21,23). The van der Waals surface area contributed by atoms with Crippen molar-refractivity contribution in [2.45, 2.75) is 26.7 Å². The largest absolute Gasteiger partial charge is 0.456 e. The van der Waals surface area contributed by atoms with Gasteiger partial charge in [-0.3, -0.25) is 14.4 Å². The van der Waals surface area contributed by atoms with Gasteiger partial charge in [0.05, 0.1) is 0 Å². The number of hydrogen-bond donors (Lipinski definition) is 2. The maximum atomic E-state index is 12.4. The summed E-state index contributed by atoms with van der Waals surface area (Å²) in [5, 5.41) is 2.73. The Kier molecular flexibility index (Phi) is 6.54. The molecular formula is C19H23N3O4. The van der Waals surface area contributed by atoms with Crippen LogP contribution in [0.25, 0.3) is 0 Å². The number of amides is 3. The molecule has 0 atom stereocenters. The number of rotatable bonds is 8. The van der Waals surface area contributed by atoms with E-state index < -0.39 is 5.91 Å². The molecule has 1 heterocycles. The molecule has 3 N–H and O–H groups in total. The van der Waals surface area contributed by atoms with Crippen LogP contribution in [0.2, 0.25) is 0 Å². The average Bonchev–Trinajstić information content (AvgIpc) is 3.11. The van der Waals surface area contributed by atoms with Gasteiger partial charge >= 0.3 is 0 Å². The smallest absolute Gasteiger partial charge is 0.289 e. The highest BCUT2D eigenvalue weighted by Gasteiger charge is 2.18. The molecule has 0 spiro atoms. The number of hydrogen-bond acceptors (Lipinski definition) is 4. The lowest BCUT2D eigenvalue weighted by molar-refractivity contribution is -0.116. The van der Waals surface area contributed by atoms with Gasteiger partial charge in [-0.25, -0.2) is 0 Å². The molecule has 7 nitrogen and oxygen atoms in total. The van der Waals surface area contributed by atoms with Gasteiger partial charge in [0.1, 0.15) is 5.76 Å². The topological polar surface area (TPSA) is 106 Å². The first-order valence-corrected chi connectivity index (χ1v) is 8.52. The van der Waals surface area contributed by atoms with E-state index in [2.05, 4.69) is 5.32 Å². The highest BCUT2D eigenvalue weighted by atomic mass is 16.4. The van der Waals surface area contributed by atoms with Gasteiger partial charge in [-0.15, -0.1) is 0 Å². The molecule has 2 rings (SSSR count). The molecule has 0 bridgehead atoms. The minimum absolute atomic E-state index is 0.151. The van der Waals surface area contributed by atoms with Gasteiger partial charge in [-0.05, 0) is 43.3 Å². The molecule has 0 saturated heterocycles. The summed E-state index contributed by atoms with van der Waals surface area (Å²) in [6, 6.07) is 9.74. The van der Waals surface area contributed by atoms with Gasteiger partial charge in [0, 0.05) is 37.2 Å². The maximum absolute atomic E-state index is 12.4. The average molecular weight is 357 g/mol. The minimum atomic E-state index is -0.524. The van der Waals surface area contributed by atoms with Crippen molar-refractivity contribution >= 4 is 23.4 Å². The zero-order valence-electron chi connectivity index (χ0n) is 15.0. The van der Waals surface area contributed by atoms with Crippen molar-refractivity contribution in [2.75, 3.05) is 18.4 Å². The zero-order valence-corrected chi connectivity index (χ0v) is 15.0. The molecule has 0 fully saturated rings. The van der Waals surface area contributed by atoms with E-state index in [1.54, 1.807) is 41.3 Å². The van der Waals surface area contributed by atoms with E-state index in [9.17, 15) is 14.4 Å². The lowest BCUT2D eigenvalue weighted by Crippen LogP contribution is -2.33. The van der Waals surface area contributed by atoms with E-state index in [0.29, 0.717) is 17.8 Å². The van der Waals surface area contributed by atoms with E-state index in [1.807, 2.05) is 13.8 Å². The van der Waals surface area contributed by atoms with Crippen molar-refractivity contribution in [1.82, 2.24) is 4.90 Å². The highest BCUT2D eigenvalue weighted by Crippen LogP contribution is 2.13. The van der Waals surface area contributed by atoms with Gasteiger partial charge in [0.2, 0.25) is 11.8 Å². The Morgan fingerprint density at radius 2 is 1.77 bits per heavy atom. The molecule has 0 radical (unpaired) electrons. The fourth-order valence-electron chi connectivity index (χ4n) is 2.42. The normalized spacial score (nSPS) is 10.4. The molecule has 0 saturated carbocycles. The summed E-state index contributed by atoms with van der Waals surface area (Å²) < 4.78 is 5.48. The Labute approximate surface area is 152 Å². The summed E-state index contributed by atoms with van der Waals surface area (Å²) in [7, 11) is 0. The summed E-state index contributed by atoms with van der Waals surface area (Å²) in [6.07, 6.45) is 0.870. The summed E-state index contributed by atoms with van der Waals surface area (Å²) in [4.78, 5) is 37.1. The molecule has 26 heavy (non-hydrogen) atoms. The van der Waals surface area contributed by atoms with Crippen LogP contribution in [-0.2, 0) is 11.2 Å². The van der Waals surface area contributed by atoms with Gasteiger partial charge in [-0.1, -0.05) is 6.92 Å². The third kappa shape index (κ3) is 4.95. The molecule has 3 amide bonds. The second-order valence-electron chi connectivity index (χ2n) is 5.74. The van der Waals surface area contributed by atoms with Gasteiger partial charge in [-0.2, -0.15) is 0 Å². The molecule has 0 unspecified atom stereocenters. The van der Waals surface area contributed by atoms with E-state index in [0.717, 1.165) is 12.2 Å². The van der Waals surface area contributed by atoms with Crippen LogP contribution >= 0.6 is 0 Å². The van der Waals surface area contributed by atoms with Crippen LogP contribution in [-0.4, -0.2) is 35.7 Å². The molecule has 0 aliphatic rings. The van der Waals surface area contributed by atoms with Crippen molar-refractivity contribution in [3.05, 3.63) is 53.5 Å². The van der Waals surface area contributed by atoms with Crippen molar-refractivity contribution in [2.24, 2.45) is 5.73 Å². The molecule has 2 aromatic rings. The Morgan fingerprint density at radius 1 is 1.08 bits per heavy atom. The van der Waals surface area contributed by atoms with Crippen LogP contribution in [0.5, 0.6) is 0 Å². The Bertz CT molecular complexity index is 780. The molecule has 1 aromatic heterocycles. The number of nitrogens with zero attached hydrogens (tertiary/aromatic N) is 1. The lowest BCUT2D eigenvalue weighted by Gasteiger charge is -2.19.